The number of guanidine groups is 3. The number of carbonyl (C=O) groups is 21. The minimum absolute atomic E-state index is 0.00772. The molecule has 146 heavy (non-hydrogen) atoms. The van der Waals surface area contributed by atoms with Crippen molar-refractivity contribution < 1.29 is 131 Å². The van der Waals surface area contributed by atoms with Crippen LogP contribution in [0.5, 0.6) is 5.75 Å². The molecule has 0 radical (unpaired) electrons. The van der Waals surface area contributed by atoms with E-state index in [1.807, 2.05) is 45.2 Å². The molecule has 57 heteroatoms. The summed E-state index contributed by atoms with van der Waals surface area (Å²) >= 11 is 3.73. The van der Waals surface area contributed by atoms with Crippen molar-refractivity contribution in [2.45, 2.75) is 281 Å². The third-order valence-electron chi connectivity index (χ3n) is 21.6. The second-order valence-electron chi connectivity index (χ2n) is 36.1. The van der Waals surface area contributed by atoms with Crippen LogP contribution in [0.1, 0.15) is 177 Å². The number of rotatable bonds is 68. The van der Waals surface area contributed by atoms with Crippen LogP contribution in [0.3, 0.4) is 0 Å². The van der Waals surface area contributed by atoms with Gasteiger partial charge in [0.1, 0.15) is 102 Å². The zero-order valence-corrected chi connectivity index (χ0v) is 87.0. The molecule has 814 valence electrons. The van der Waals surface area contributed by atoms with Crippen molar-refractivity contribution in [1.29, 1.82) is 16.2 Å². The first-order chi connectivity index (χ1) is 68.3. The molecule has 0 fully saturated rings. The number of phenolic OH excluding ortho intramolecular Hbond substituents is 1. The summed E-state index contributed by atoms with van der Waals surface area (Å²) in [5, 5.41) is 131. The molecule has 0 spiro atoms. The summed E-state index contributed by atoms with van der Waals surface area (Å²) in [6.45, 7) is 13.0. The fraction of sp³-hybridized carbons (Fsp3) is 0.596. The number of carbonyl (C=O) groups excluding carboxylic acids is 18. The molecular formula is C89H142I2N28O27. The van der Waals surface area contributed by atoms with Gasteiger partial charge in [-0.05, 0) is 177 Å². The molecule has 0 unspecified atom stereocenters. The van der Waals surface area contributed by atoms with Crippen molar-refractivity contribution in [2.75, 3.05) is 32.8 Å². The van der Waals surface area contributed by atoms with Gasteiger partial charge in [0, 0.05) is 45.3 Å². The Labute approximate surface area is 869 Å². The number of phenols is 1. The number of nitrogens with one attached hydrogen (secondary N) is 22. The van der Waals surface area contributed by atoms with E-state index in [0.717, 1.165) is 6.92 Å². The van der Waals surface area contributed by atoms with Gasteiger partial charge < -0.3 is 166 Å². The maximum absolute atomic E-state index is 14.8. The Morgan fingerprint density at radius 2 is 0.658 bits per heavy atom. The summed E-state index contributed by atoms with van der Waals surface area (Å²) in [4.78, 5) is 289. The van der Waals surface area contributed by atoms with Crippen LogP contribution in [0, 0.1) is 47.0 Å². The van der Waals surface area contributed by atoms with Crippen LogP contribution in [-0.4, -0.2) is 308 Å². The number of aliphatic hydroxyl groups is 2. The normalized spacial score (nSPS) is 14.6. The third-order valence-corrected chi connectivity index (χ3v) is 23.3. The molecule has 0 saturated heterocycles. The maximum Gasteiger partial charge on any atom is 0.325 e. The van der Waals surface area contributed by atoms with Gasteiger partial charge >= 0.3 is 17.9 Å². The topological polar surface area (TPSA) is 936 Å². The number of aliphatic carboxylic acids is 3. The van der Waals surface area contributed by atoms with Gasteiger partial charge in [0.15, 0.2) is 17.9 Å². The Kier molecular flexibility index (Phi) is 57.7. The minimum Gasteiger partial charge on any atom is -0.506 e. The Bertz CT molecular complexity index is 4860. The number of carboxylic acid groups (broad SMARTS) is 3. The summed E-state index contributed by atoms with van der Waals surface area (Å²) < 4.78 is 0.772. The van der Waals surface area contributed by atoms with Crippen LogP contribution in [-0.2, 0) is 114 Å². The Hall–Kier alpha value is -13.7. The van der Waals surface area contributed by atoms with E-state index in [2.05, 4.69) is 101 Å². The van der Waals surface area contributed by atoms with E-state index in [1.165, 1.54) is 45.0 Å². The molecule has 40 N–H and O–H groups in total. The monoisotopic (exact) mass is 2290 g/mol. The molecule has 0 bridgehead atoms. The van der Waals surface area contributed by atoms with E-state index < -0.39 is 321 Å². The smallest absolute Gasteiger partial charge is 0.325 e. The summed E-state index contributed by atoms with van der Waals surface area (Å²) in [5.41, 5.74) is 33.4. The molecule has 17 atom stereocenters. The SMILES string of the molecule is CC(C)C[C@H](NC(=O)[C@H](CC(=O)O)NC(=O)[C@@H](NC(=O)[C@H](CCCNC(=N)N)NC(=O)[C@H](Cc1ccccc1)NC(=O)[C@H](CO)NC(=O)[C@H](CCC(N)=O)NC(=O)[C@H](CCC(=O)O)NC(=O)[C@H](CC(N)=O)NC(=O)CN)C(C)C)C(=O)N[C@@H](CCCNC(=N)N)C(=O)N[C@H](C(=O)N[C@@H](CC(C)C)C(=O)N[C@@H](CC(C)C)C(=O)N[C@@H](CCCNC(=N)N)C(=O)N[C@@H](Cc1cc(I)c(O)c(I)c1)C(=O)N[C@@H](C)C(=O)O)[C@@H](C)O. The predicted octanol–water partition coefficient (Wildman–Crippen LogP) is -8.36. The summed E-state index contributed by atoms with van der Waals surface area (Å²) in [7, 11) is 0. The standard InChI is InChI=1S/C89H142I2N28O27/c1-40(2)29-55(77(136)106-50(19-14-26-101-87(95)96)71(130)113-59(76(135)104-44(9)86(145)146)35-47-32-48(90)70(129)49(91)33-47)111-79(138)57(31-42(5)6)115-85(144)69(45(10)121)119-75(134)52(21-16-28-103-89(99)100)107-78(137)56(30-41(3)4)112-82(141)61(37-67(127)128)116-84(143)68(43(7)8)118-74(133)51(20-15-27-102-88(97)98)108-80(139)58(34-46-17-12-11-13-18-46)114-83(142)62(39-120)117-73(132)53(22-24-63(93)122)109-72(131)54(23-25-66(125)126)110-81(140)60(36-64(94)123)105-65(124)38-92/h11-13,17-18,32-33,40-45,50-62,68-69,120-121,129H,14-16,19-31,34-39,92H2,1-10H3,(H2,93,122)(H2,94,123)(H,104,135)(H,105,124)(H,106,136)(H,107,137)(H,108,139)(H,109,131)(H,110,140)(H,111,138)(H,112,141)(H,113,130)(H,114,142)(H,115,144)(H,116,143)(H,117,132)(H,118,133)(H,119,134)(H,125,126)(H,127,128)(H,145,146)(H4,95,96,101)(H4,97,98,102)(H4,99,100,103)/t44-,45+,50-,51-,52-,53-,54-,55-,56-,57-,58-,59-,60-,61-,62-,68-,69-/m0/s1. The highest BCUT2D eigenvalue weighted by atomic mass is 127. The molecule has 0 saturated carbocycles. The second-order valence-corrected chi connectivity index (χ2v) is 38.4. The van der Waals surface area contributed by atoms with Gasteiger partial charge in [0.05, 0.1) is 39.2 Å². The van der Waals surface area contributed by atoms with Crippen molar-refractivity contribution in [1.82, 2.24) is 101 Å². The summed E-state index contributed by atoms with van der Waals surface area (Å²) in [5.74, 6) is -28.7. The summed E-state index contributed by atoms with van der Waals surface area (Å²) in [6, 6.07) is -16.9. The maximum atomic E-state index is 14.8. The molecule has 2 aromatic rings. The van der Waals surface area contributed by atoms with Crippen LogP contribution in [0.2, 0.25) is 0 Å². The van der Waals surface area contributed by atoms with Gasteiger partial charge in [-0.3, -0.25) is 117 Å². The second kappa shape index (κ2) is 65.6. The number of hydrogen-bond acceptors (Lipinski definition) is 28. The summed E-state index contributed by atoms with van der Waals surface area (Å²) in [6.07, 6.45) is -8.81. The zero-order valence-electron chi connectivity index (χ0n) is 82.7. The number of amides is 18. The molecule has 2 aromatic carbocycles. The quantitative estimate of drug-likeness (QED) is 0.0127. The van der Waals surface area contributed by atoms with Crippen molar-refractivity contribution in [2.24, 2.45) is 58.1 Å². The lowest BCUT2D eigenvalue weighted by atomic mass is 9.99. The first kappa shape index (κ1) is 128. The van der Waals surface area contributed by atoms with Crippen LogP contribution in [0.4, 0.5) is 0 Å². The molecule has 0 aliphatic heterocycles. The number of nitrogens with two attached hydrogens (primary N) is 6. The molecule has 0 aliphatic carbocycles. The Morgan fingerprint density at radius 3 is 1.01 bits per heavy atom. The van der Waals surface area contributed by atoms with Crippen LogP contribution in [0.15, 0.2) is 42.5 Å². The molecule has 2 rings (SSSR count). The number of benzene rings is 2. The Morgan fingerprint density at radius 1 is 0.349 bits per heavy atom. The van der Waals surface area contributed by atoms with Gasteiger partial charge in [-0.25, -0.2) is 0 Å². The highest BCUT2D eigenvalue weighted by Crippen LogP contribution is 2.28. The van der Waals surface area contributed by atoms with Gasteiger partial charge in [0.25, 0.3) is 0 Å². The number of aromatic hydroxyl groups is 1. The first-order valence-electron chi connectivity index (χ1n) is 46.8. The van der Waals surface area contributed by atoms with E-state index in [4.69, 9.17) is 50.6 Å². The number of carboxylic acids is 3. The van der Waals surface area contributed by atoms with Crippen LogP contribution < -0.4 is 135 Å². The van der Waals surface area contributed by atoms with E-state index in [1.54, 1.807) is 59.7 Å². The van der Waals surface area contributed by atoms with Gasteiger partial charge in [-0.15, -0.1) is 0 Å². The number of primary amides is 2. The van der Waals surface area contributed by atoms with Crippen molar-refractivity contribution in [3.63, 3.8) is 0 Å². The van der Waals surface area contributed by atoms with E-state index >= 15 is 0 Å². The van der Waals surface area contributed by atoms with Crippen LogP contribution >= 0.6 is 45.2 Å². The van der Waals surface area contributed by atoms with Gasteiger partial charge in [-0.2, -0.15) is 0 Å². The van der Waals surface area contributed by atoms with Crippen molar-refractivity contribution >= 4 is 187 Å². The molecule has 0 heterocycles. The fourth-order valence-electron chi connectivity index (χ4n) is 14.1. The lowest BCUT2D eigenvalue weighted by Crippen LogP contribution is -2.62. The molecule has 0 aliphatic rings. The highest BCUT2D eigenvalue weighted by molar-refractivity contribution is 14.1. The van der Waals surface area contributed by atoms with E-state index in [0.29, 0.717) is 18.3 Å². The lowest BCUT2D eigenvalue weighted by molar-refractivity contribution is -0.142. The van der Waals surface area contributed by atoms with Crippen molar-refractivity contribution in [3.05, 3.63) is 60.7 Å². The Balaban J connectivity index is 2.66. The van der Waals surface area contributed by atoms with E-state index in [-0.39, 0.29) is 95.5 Å². The largest absolute Gasteiger partial charge is 0.506 e. The molecule has 55 nitrogen and oxygen atoms in total. The van der Waals surface area contributed by atoms with Crippen molar-refractivity contribution in [3.8, 4) is 5.75 Å². The molecule has 18 amide bonds. The first-order valence-corrected chi connectivity index (χ1v) is 49.0. The minimum atomic E-state index is -2.09. The predicted molar refractivity (Wildman–Crippen MR) is 541 cm³/mol. The average molecular weight is 2290 g/mol. The fourth-order valence-corrected chi connectivity index (χ4v) is 16.0. The highest BCUT2D eigenvalue weighted by Gasteiger charge is 2.42. The number of aliphatic hydroxyl groups excluding tert-OH is 2. The van der Waals surface area contributed by atoms with Gasteiger partial charge in [0.2, 0.25) is 106 Å². The van der Waals surface area contributed by atoms with Crippen LogP contribution in [0.25, 0.3) is 0 Å². The van der Waals surface area contributed by atoms with Gasteiger partial charge in [-0.1, -0.05) is 85.7 Å². The van der Waals surface area contributed by atoms with E-state index in [9.17, 15) is 131 Å². The lowest BCUT2D eigenvalue weighted by Gasteiger charge is -2.30. The zero-order chi connectivity index (χ0) is 111. The third kappa shape index (κ3) is 49.7. The average Bonchev–Trinajstić information content (AvgIpc) is 0.838. The number of halogens is 2. The molecular weight excluding hydrogens is 2150 g/mol. The molecule has 0 aromatic heterocycles. The number of hydrogen-bond donors (Lipinski definition) is 34.